The maximum atomic E-state index is 11.3. The second-order valence-electron chi connectivity index (χ2n) is 6.46. The maximum absolute atomic E-state index is 11.3. The van der Waals surface area contributed by atoms with Crippen LogP contribution in [0.4, 0.5) is 0 Å². The van der Waals surface area contributed by atoms with E-state index in [0.717, 1.165) is 17.5 Å². The number of rotatable bonds is 8. The third-order valence-corrected chi connectivity index (χ3v) is 5.11. The van der Waals surface area contributed by atoms with Crippen LogP contribution in [0.1, 0.15) is 37.1 Å². The molecule has 0 saturated carbocycles. The molecule has 0 aliphatic carbocycles. The summed E-state index contributed by atoms with van der Waals surface area (Å²) in [4.78, 5) is 10.0. The van der Waals surface area contributed by atoms with Gasteiger partial charge in [0.25, 0.3) is 0 Å². The van der Waals surface area contributed by atoms with E-state index in [1.165, 1.54) is 11.1 Å². The van der Waals surface area contributed by atoms with E-state index < -0.39 is 9.84 Å². The Bertz CT molecular complexity index is 627. The minimum atomic E-state index is -2.93. The molecule has 140 valence electrons. The first-order valence-electron chi connectivity index (χ1n) is 7.72. The predicted octanol–water partition coefficient (Wildman–Crippen LogP) is 2.59. The molecule has 1 rings (SSSR count). The molecule has 1 aromatic rings. The molecule has 0 aliphatic rings. The lowest BCUT2D eigenvalue weighted by Gasteiger charge is -2.25. The molecule has 0 aliphatic heterocycles. The molecule has 0 atom stereocenters. The predicted molar refractivity (Wildman–Crippen MR) is 113 cm³/mol. The lowest BCUT2D eigenvalue weighted by Crippen LogP contribution is -2.42. The quantitative estimate of drug-likeness (QED) is 0.334. The van der Waals surface area contributed by atoms with Crippen molar-refractivity contribution >= 4 is 51.1 Å². The molecule has 0 spiro atoms. The van der Waals surface area contributed by atoms with Crippen molar-refractivity contribution in [3.05, 3.63) is 16.1 Å². The number of nitrogens with zero attached hydrogens (tertiary/aromatic N) is 2. The third-order valence-electron chi connectivity index (χ3n) is 3.27. The Morgan fingerprint density at radius 2 is 2.04 bits per heavy atom. The highest BCUT2D eigenvalue weighted by molar-refractivity contribution is 14.0. The van der Waals surface area contributed by atoms with Crippen LogP contribution in [0.2, 0.25) is 0 Å². The van der Waals surface area contributed by atoms with Crippen molar-refractivity contribution in [1.82, 2.24) is 15.6 Å². The largest absolute Gasteiger partial charge is 0.357 e. The Hall–Kier alpha value is -0.420. The average molecular weight is 488 g/mol. The first kappa shape index (κ1) is 23.6. The number of halogens is 1. The van der Waals surface area contributed by atoms with Crippen molar-refractivity contribution in [2.75, 3.05) is 25.1 Å². The van der Waals surface area contributed by atoms with Crippen LogP contribution in [0.15, 0.2) is 11.2 Å². The van der Waals surface area contributed by atoms with Gasteiger partial charge in [0.05, 0.1) is 12.3 Å². The molecule has 0 saturated heterocycles. The minimum Gasteiger partial charge on any atom is -0.357 e. The molecule has 9 heteroatoms. The molecule has 2 N–H and O–H groups in total. The molecule has 6 nitrogen and oxygen atoms in total. The van der Waals surface area contributed by atoms with Crippen LogP contribution in [0.3, 0.4) is 0 Å². The van der Waals surface area contributed by atoms with E-state index in [4.69, 9.17) is 0 Å². The van der Waals surface area contributed by atoms with Crippen LogP contribution in [0, 0.1) is 12.3 Å². The van der Waals surface area contributed by atoms with Crippen LogP contribution in [0.5, 0.6) is 0 Å². The molecule has 0 bridgehead atoms. The van der Waals surface area contributed by atoms with Crippen LogP contribution >= 0.6 is 35.3 Å². The molecule has 0 amide bonds. The van der Waals surface area contributed by atoms with E-state index in [2.05, 4.69) is 34.5 Å². The van der Waals surface area contributed by atoms with Crippen molar-refractivity contribution in [2.45, 2.75) is 40.7 Å². The fourth-order valence-corrected chi connectivity index (χ4v) is 3.47. The number of hydrogen-bond donors (Lipinski definition) is 2. The van der Waals surface area contributed by atoms with Gasteiger partial charge in [-0.2, -0.15) is 0 Å². The Kier molecular flexibility index (Phi) is 10.4. The van der Waals surface area contributed by atoms with Crippen molar-refractivity contribution in [3.8, 4) is 0 Å². The first-order valence-corrected chi connectivity index (χ1v) is 10.6. The van der Waals surface area contributed by atoms with E-state index in [0.29, 0.717) is 19.5 Å². The summed E-state index contributed by atoms with van der Waals surface area (Å²) in [6.07, 6.45) is 3.74. The summed E-state index contributed by atoms with van der Waals surface area (Å²) < 4.78 is 22.6. The van der Waals surface area contributed by atoms with Crippen LogP contribution < -0.4 is 10.6 Å². The zero-order valence-corrected chi connectivity index (χ0v) is 19.0. The summed E-state index contributed by atoms with van der Waals surface area (Å²) in [6.45, 7) is 10.1. The Morgan fingerprint density at radius 3 is 2.54 bits per heavy atom. The van der Waals surface area contributed by atoms with Gasteiger partial charge < -0.3 is 10.6 Å². The topological polar surface area (TPSA) is 83.4 Å². The molecular weight excluding hydrogens is 459 g/mol. The molecule has 0 radical (unpaired) electrons. The Morgan fingerprint density at radius 1 is 1.38 bits per heavy atom. The van der Waals surface area contributed by atoms with Crippen molar-refractivity contribution in [1.29, 1.82) is 0 Å². The normalized spacial score (nSPS) is 12.6. The lowest BCUT2D eigenvalue weighted by atomic mass is 9.90. The van der Waals surface area contributed by atoms with Gasteiger partial charge in [0.1, 0.15) is 14.8 Å². The van der Waals surface area contributed by atoms with Crippen LogP contribution in [0.25, 0.3) is 0 Å². The smallest absolute Gasteiger partial charge is 0.191 e. The second kappa shape index (κ2) is 10.5. The SMILES string of the molecule is CCNC(=NCc1ncc(C)s1)NCC(C)(C)CCS(C)(=O)=O.I. The highest BCUT2D eigenvalue weighted by atomic mass is 127. The summed E-state index contributed by atoms with van der Waals surface area (Å²) in [5.74, 6) is 0.932. The highest BCUT2D eigenvalue weighted by Gasteiger charge is 2.20. The minimum absolute atomic E-state index is 0. The van der Waals surface area contributed by atoms with Gasteiger partial charge in [0.15, 0.2) is 5.96 Å². The van der Waals surface area contributed by atoms with Gasteiger partial charge in [-0.15, -0.1) is 35.3 Å². The fourth-order valence-electron chi connectivity index (χ4n) is 1.84. The van der Waals surface area contributed by atoms with Gasteiger partial charge in [-0.25, -0.2) is 18.4 Å². The molecule has 1 heterocycles. The van der Waals surface area contributed by atoms with Gasteiger partial charge in [-0.05, 0) is 25.7 Å². The first-order chi connectivity index (χ1) is 10.6. The van der Waals surface area contributed by atoms with E-state index >= 15 is 0 Å². The Labute approximate surface area is 166 Å². The number of aryl methyl sites for hydroxylation is 1. The van der Waals surface area contributed by atoms with Crippen molar-refractivity contribution < 1.29 is 8.42 Å². The fraction of sp³-hybridized carbons (Fsp3) is 0.733. The number of thiazole rings is 1. The van der Waals surface area contributed by atoms with E-state index in [-0.39, 0.29) is 35.1 Å². The molecule has 0 unspecified atom stereocenters. The standard InChI is InChI=1S/C15H28N4O2S2.HI/c1-6-16-14(18-10-13-17-9-12(2)22-13)19-11-15(3,4)7-8-23(5,20)21;/h9H,6-8,10-11H2,1-5H3,(H2,16,18,19);1H. The molecule has 24 heavy (non-hydrogen) atoms. The number of guanidine groups is 1. The monoisotopic (exact) mass is 488 g/mol. The van der Waals surface area contributed by atoms with Gasteiger partial charge in [-0.3, -0.25) is 0 Å². The maximum Gasteiger partial charge on any atom is 0.191 e. The number of aromatic nitrogens is 1. The molecule has 0 aromatic carbocycles. The summed E-state index contributed by atoms with van der Waals surface area (Å²) >= 11 is 1.64. The number of nitrogens with one attached hydrogen (secondary N) is 2. The second-order valence-corrected chi connectivity index (χ2v) is 10.0. The zero-order valence-electron chi connectivity index (χ0n) is 15.0. The lowest BCUT2D eigenvalue weighted by molar-refractivity contribution is 0.348. The van der Waals surface area contributed by atoms with Crippen LogP contribution in [-0.2, 0) is 16.4 Å². The highest BCUT2D eigenvalue weighted by Crippen LogP contribution is 2.19. The van der Waals surface area contributed by atoms with Crippen LogP contribution in [-0.4, -0.2) is 44.5 Å². The van der Waals surface area contributed by atoms with Crippen molar-refractivity contribution in [3.63, 3.8) is 0 Å². The molecule has 0 fully saturated rings. The van der Waals surface area contributed by atoms with Crippen molar-refractivity contribution in [2.24, 2.45) is 10.4 Å². The molecular formula is C15H29IN4O2S2. The third kappa shape index (κ3) is 10.4. The summed E-state index contributed by atoms with van der Waals surface area (Å²) in [6, 6.07) is 0. The van der Waals surface area contributed by atoms with Gasteiger partial charge >= 0.3 is 0 Å². The average Bonchev–Trinajstić information content (AvgIpc) is 2.85. The van der Waals surface area contributed by atoms with Gasteiger partial charge in [0, 0.05) is 30.4 Å². The summed E-state index contributed by atoms with van der Waals surface area (Å²) in [5.41, 5.74) is -0.128. The van der Waals surface area contributed by atoms with Gasteiger partial charge in [0.2, 0.25) is 0 Å². The van der Waals surface area contributed by atoms with E-state index in [1.54, 1.807) is 11.3 Å². The summed E-state index contributed by atoms with van der Waals surface area (Å²) in [5, 5.41) is 7.48. The van der Waals surface area contributed by atoms with E-state index in [9.17, 15) is 8.42 Å². The van der Waals surface area contributed by atoms with E-state index in [1.807, 2.05) is 20.0 Å². The number of hydrogen-bond acceptors (Lipinski definition) is 5. The van der Waals surface area contributed by atoms with Gasteiger partial charge in [-0.1, -0.05) is 13.8 Å². The Balaban J connectivity index is 0.00000529. The zero-order chi connectivity index (χ0) is 17.5. The number of aliphatic imine (C=N–C) groups is 1. The molecule has 1 aromatic heterocycles. The summed E-state index contributed by atoms with van der Waals surface area (Å²) in [7, 11) is -2.93. The number of sulfone groups is 1.